The van der Waals surface area contributed by atoms with Crippen LogP contribution in [0.5, 0.6) is 0 Å². The summed E-state index contributed by atoms with van der Waals surface area (Å²) in [4.78, 5) is -0.989. The third-order valence-corrected chi connectivity index (χ3v) is 4.85. The van der Waals surface area contributed by atoms with Gasteiger partial charge in [0.1, 0.15) is 4.90 Å². The van der Waals surface area contributed by atoms with Crippen molar-refractivity contribution in [1.29, 1.82) is 0 Å². The van der Waals surface area contributed by atoms with Gasteiger partial charge in [0.2, 0.25) is 0 Å². The molecule has 0 fully saturated rings. The van der Waals surface area contributed by atoms with Gasteiger partial charge in [0.25, 0.3) is 15.7 Å². The maximum absolute atomic E-state index is 13.7. The molecule has 0 aromatic heterocycles. The Morgan fingerprint density at radius 1 is 1.09 bits per heavy atom. The Kier molecular flexibility index (Phi) is 4.79. The molecule has 0 bridgehead atoms. The van der Waals surface area contributed by atoms with Crippen LogP contribution < -0.4 is 5.84 Å². The van der Waals surface area contributed by atoms with Gasteiger partial charge in [-0.05, 0) is 19.1 Å². The van der Waals surface area contributed by atoms with Gasteiger partial charge in [-0.3, -0.25) is 0 Å². The quantitative estimate of drug-likeness (QED) is 0.383. The summed E-state index contributed by atoms with van der Waals surface area (Å²) in [6.07, 6.45) is -6.07. The van der Waals surface area contributed by atoms with E-state index in [0.29, 0.717) is 0 Å². The van der Waals surface area contributed by atoms with Crippen molar-refractivity contribution in [3.8, 4) is 0 Å². The van der Waals surface area contributed by atoms with E-state index in [2.05, 4.69) is 5.84 Å². The molecule has 0 radical (unpaired) electrons. The highest BCUT2D eigenvalue weighted by Gasteiger charge is 2.72. The van der Waals surface area contributed by atoms with Crippen LogP contribution in [-0.2, 0) is 10.0 Å². The third kappa shape index (κ3) is 2.90. The third-order valence-electron chi connectivity index (χ3n) is 2.75. The molecule has 1 rings (SSSR count). The Morgan fingerprint density at radius 3 is 1.95 bits per heavy atom. The van der Waals surface area contributed by atoms with Gasteiger partial charge >= 0.3 is 12.2 Å². The van der Waals surface area contributed by atoms with Crippen molar-refractivity contribution in [1.82, 2.24) is 4.41 Å². The van der Waals surface area contributed by atoms with Crippen LogP contribution in [-0.4, -0.2) is 30.7 Å². The van der Waals surface area contributed by atoms with Crippen molar-refractivity contribution in [3.63, 3.8) is 0 Å². The number of nitrogens with two attached hydrogens (primary N) is 1. The Morgan fingerprint density at radius 2 is 1.55 bits per heavy atom. The lowest BCUT2D eigenvalue weighted by Gasteiger charge is -2.36. The second-order valence-corrected chi connectivity index (χ2v) is 6.46. The van der Waals surface area contributed by atoms with Crippen LogP contribution in [0.2, 0.25) is 5.02 Å². The van der Waals surface area contributed by atoms with E-state index in [4.69, 9.17) is 11.6 Å². The van der Waals surface area contributed by atoms with Gasteiger partial charge in [-0.1, -0.05) is 28.1 Å². The molecule has 1 aromatic rings. The minimum Gasteiger partial charge on any atom is -0.249 e. The van der Waals surface area contributed by atoms with Crippen molar-refractivity contribution in [2.24, 2.45) is 5.84 Å². The first-order valence-corrected chi connectivity index (χ1v) is 7.17. The SMILES string of the molecule is CC(F)(C(F)(F)F)C(F)(F)N(N)S(=O)(=O)c1ccccc1Cl. The number of benzene rings is 1. The molecule has 1 atom stereocenters. The molecule has 0 aliphatic carbocycles. The summed E-state index contributed by atoms with van der Waals surface area (Å²) in [6, 6.07) is -1.57. The molecular weight excluding hydrogens is 362 g/mol. The number of rotatable bonds is 4. The van der Waals surface area contributed by atoms with Crippen molar-refractivity contribution >= 4 is 21.6 Å². The van der Waals surface area contributed by atoms with Crippen LogP contribution in [0.3, 0.4) is 0 Å². The zero-order valence-corrected chi connectivity index (χ0v) is 12.3. The van der Waals surface area contributed by atoms with Gasteiger partial charge in [0.15, 0.2) is 0 Å². The highest BCUT2D eigenvalue weighted by atomic mass is 35.5. The van der Waals surface area contributed by atoms with Crippen LogP contribution in [0.4, 0.5) is 26.3 Å². The van der Waals surface area contributed by atoms with Gasteiger partial charge in [0, 0.05) is 0 Å². The summed E-state index contributed by atoms with van der Waals surface area (Å²) in [6.45, 7) is -0.519. The zero-order chi connectivity index (χ0) is 17.6. The summed E-state index contributed by atoms with van der Waals surface area (Å²) in [5.74, 6) is 4.61. The monoisotopic (exact) mass is 370 g/mol. The molecule has 1 unspecified atom stereocenters. The van der Waals surface area contributed by atoms with E-state index < -0.39 is 49.2 Å². The fourth-order valence-corrected chi connectivity index (χ4v) is 2.97. The lowest BCUT2D eigenvalue weighted by Crippen LogP contribution is -2.65. The van der Waals surface area contributed by atoms with Crippen molar-refractivity contribution in [2.75, 3.05) is 0 Å². The highest BCUT2D eigenvalue weighted by molar-refractivity contribution is 7.89. The maximum Gasteiger partial charge on any atom is 0.429 e. The van der Waals surface area contributed by atoms with E-state index in [9.17, 15) is 34.8 Å². The van der Waals surface area contributed by atoms with Crippen LogP contribution >= 0.6 is 11.6 Å². The second kappa shape index (κ2) is 5.55. The number of hydrogen-bond donors (Lipinski definition) is 1. The molecule has 0 spiro atoms. The van der Waals surface area contributed by atoms with E-state index in [1.165, 1.54) is 6.07 Å². The number of halogens is 7. The molecule has 0 amide bonds. The van der Waals surface area contributed by atoms with E-state index in [0.717, 1.165) is 18.2 Å². The Bertz CT molecular complexity index is 662. The molecule has 0 saturated carbocycles. The number of sulfonamides is 1. The molecule has 0 aliphatic rings. The number of alkyl halides is 6. The van der Waals surface area contributed by atoms with Gasteiger partial charge in [-0.15, -0.1) is 0 Å². The molecule has 1 aromatic carbocycles. The normalized spacial score (nSPS) is 16.6. The van der Waals surface area contributed by atoms with Crippen LogP contribution in [0.1, 0.15) is 6.92 Å². The standard InChI is InChI=1S/C10H9ClF6N2O2S/c1-8(12,9(13,14)15)10(16,17)19(18)22(20,21)7-5-3-2-4-6(7)11/h2-5H,18H2,1H3. The van der Waals surface area contributed by atoms with Crippen LogP contribution in [0.15, 0.2) is 29.2 Å². The maximum atomic E-state index is 13.7. The highest BCUT2D eigenvalue weighted by Crippen LogP contribution is 2.47. The van der Waals surface area contributed by atoms with Crippen LogP contribution in [0.25, 0.3) is 0 Å². The molecule has 22 heavy (non-hydrogen) atoms. The van der Waals surface area contributed by atoms with Gasteiger partial charge in [-0.2, -0.15) is 22.0 Å². The largest absolute Gasteiger partial charge is 0.429 e. The topological polar surface area (TPSA) is 63.4 Å². The minimum absolute atomic E-state index is 0.519. The molecule has 2 N–H and O–H groups in total. The lowest BCUT2D eigenvalue weighted by atomic mass is 10.1. The van der Waals surface area contributed by atoms with Crippen LogP contribution in [0, 0.1) is 0 Å². The molecule has 0 saturated heterocycles. The predicted molar refractivity (Wildman–Crippen MR) is 65.2 cm³/mol. The second-order valence-electron chi connectivity index (χ2n) is 4.27. The summed E-state index contributed by atoms with van der Waals surface area (Å²) >= 11 is 5.48. The molecule has 12 heteroatoms. The van der Waals surface area contributed by atoms with Gasteiger partial charge in [-0.25, -0.2) is 18.7 Å². The Balaban J connectivity index is 3.42. The molecule has 0 heterocycles. The molecule has 0 aliphatic heterocycles. The number of hydrazine groups is 1. The van der Waals surface area contributed by atoms with Crippen molar-refractivity contribution in [3.05, 3.63) is 29.3 Å². The first-order chi connectivity index (χ1) is 9.67. The van der Waals surface area contributed by atoms with Crippen molar-refractivity contribution in [2.45, 2.75) is 29.7 Å². The summed E-state index contributed by atoms with van der Waals surface area (Å²) in [5, 5.41) is -0.568. The summed E-state index contributed by atoms with van der Waals surface area (Å²) in [7, 11) is -5.38. The predicted octanol–water partition coefficient (Wildman–Crippen LogP) is 3.09. The molecule has 4 nitrogen and oxygen atoms in total. The zero-order valence-electron chi connectivity index (χ0n) is 10.7. The average Bonchev–Trinajstić information content (AvgIpc) is 2.36. The fraction of sp³-hybridized carbons (Fsp3) is 0.400. The summed E-state index contributed by atoms with van der Waals surface area (Å²) < 4.78 is 100. The smallest absolute Gasteiger partial charge is 0.249 e. The number of nitrogens with zero attached hydrogens (tertiary/aromatic N) is 1. The van der Waals surface area contributed by atoms with E-state index in [1.807, 2.05) is 0 Å². The first-order valence-electron chi connectivity index (χ1n) is 5.35. The minimum atomic E-state index is -6.07. The summed E-state index contributed by atoms with van der Waals surface area (Å²) in [5.41, 5.74) is -5.22. The fourth-order valence-electron chi connectivity index (χ4n) is 1.29. The first kappa shape index (κ1) is 19.0. The molecular formula is C10H9ClF6N2O2S. The van der Waals surface area contributed by atoms with Gasteiger partial charge in [0.05, 0.1) is 5.02 Å². The average molecular weight is 371 g/mol. The Hall–Kier alpha value is -1.04. The Labute approximate surface area is 126 Å². The van der Waals surface area contributed by atoms with E-state index in [-0.39, 0.29) is 0 Å². The van der Waals surface area contributed by atoms with Crippen molar-refractivity contribution < 1.29 is 34.8 Å². The van der Waals surface area contributed by atoms with E-state index >= 15 is 0 Å². The molecule has 126 valence electrons. The van der Waals surface area contributed by atoms with E-state index in [1.54, 1.807) is 0 Å². The lowest BCUT2D eigenvalue weighted by molar-refractivity contribution is -0.322. The van der Waals surface area contributed by atoms with Gasteiger partial charge < -0.3 is 0 Å². The number of hydrogen-bond acceptors (Lipinski definition) is 3.